The fourth-order valence-corrected chi connectivity index (χ4v) is 5.13. The molecular weight excluding hydrogens is 274 g/mol. The normalized spacial score (nSPS) is 26.3. The predicted molar refractivity (Wildman–Crippen MR) is 80.2 cm³/mol. The molecule has 4 nitrogen and oxygen atoms in total. The van der Waals surface area contributed by atoms with Crippen molar-refractivity contribution in [3.05, 3.63) is 12.7 Å². The summed E-state index contributed by atoms with van der Waals surface area (Å²) in [5.74, 6) is 0.498. The Morgan fingerprint density at radius 1 is 1.15 bits per heavy atom. The average molecular weight is 299 g/mol. The zero-order valence-electron chi connectivity index (χ0n) is 12.1. The van der Waals surface area contributed by atoms with Crippen LogP contribution in [0.1, 0.15) is 51.4 Å². The van der Waals surface area contributed by atoms with Crippen LogP contribution in [0.4, 0.5) is 0 Å². The highest BCUT2D eigenvalue weighted by Gasteiger charge is 2.38. The van der Waals surface area contributed by atoms with Gasteiger partial charge in [-0.3, -0.25) is 4.79 Å². The minimum Gasteiger partial charge on any atom is -0.336 e. The van der Waals surface area contributed by atoms with E-state index in [9.17, 15) is 13.2 Å². The highest BCUT2D eigenvalue weighted by molar-refractivity contribution is 7.91. The largest absolute Gasteiger partial charge is 0.336 e. The number of nitrogens with zero attached hydrogens (tertiary/aromatic N) is 1. The molecule has 0 aromatic heterocycles. The zero-order chi connectivity index (χ0) is 14.6. The van der Waals surface area contributed by atoms with Gasteiger partial charge in [0.25, 0.3) is 0 Å². The fraction of sp³-hybridized carbons (Fsp3) is 0.800. The van der Waals surface area contributed by atoms with Crippen LogP contribution >= 0.6 is 0 Å². The van der Waals surface area contributed by atoms with Gasteiger partial charge in [0.2, 0.25) is 5.91 Å². The van der Waals surface area contributed by atoms with Crippen molar-refractivity contribution in [2.45, 2.75) is 63.5 Å². The van der Waals surface area contributed by atoms with E-state index in [1.165, 1.54) is 6.42 Å². The number of hydrogen-bond acceptors (Lipinski definition) is 3. The lowest BCUT2D eigenvalue weighted by molar-refractivity contribution is -0.136. The summed E-state index contributed by atoms with van der Waals surface area (Å²) in [6.07, 6.45) is 9.06. The standard InChI is InChI=1S/C15H25NO3S/c1-2-3-9-15(17)16(13-7-5-4-6-8-13)14-10-11-20(18,19)12-14/h2,13-14H,1,3-12H2/t14-/m0/s1. The smallest absolute Gasteiger partial charge is 0.223 e. The predicted octanol–water partition coefficient (Wildman–Crippen LogP) is 2.30. The molecule has 0 aromatic carbocycles. The first-order chi connectivity index (χ1) is 9.53. The van der Waals surface area contributed by atoms with Crippen molar-refractivity contribution in [2.24, 2.45) is 0 Å². The monoisotopic (exact) mass is 299 g/mol. The second-order valence-electron chi connectivity index (χ2n) is 5.98. The second-order valence-corrected chi connectivity index (χ2v) is 8.21. The van der Waals surface area contributed by atoms with Crippen molar-refractivity contribution in [1.82, 2.24) is 4.90 Å². The van der Waals surface area contributed by atoms with Crippen LogP contribution < -0.4 is 0 Å². The van der Waals surface area contributed by atoms with Crippen molar-refractivity contribution >= 4 is 15.7 Å². The molecule has 1 atom stereocenters. The molecule has 2 fully saturated rings. The minimum atomic E-state index is -2.95. The molecule has 1 aliphatic carbocycles. The molecule has 2 rings (SSSR count). The molecule has 0 N–H and O–H groups in total. The second kappa shape index (κ2) is 6.74. The van der Waals surface area contributed by atoms with Crippen LogP contribution in [0.15, 0.2) is 12.7 Å². The van der Waals surface area contributed by atoms with E-state index in [0.717, 1.165) is 25.7 Å². The highest BCUT2D eigenvalue weighted by atomic mass is 32.2. The van der Waals surface area contributed by atoms with Gasteiger partial charge in [-0.1, -0.05) is 25.3 Å². The molecule has 0 radical (unpaired) electrons. The minimum absolute atomic E-state index is 0.0968. The van der Waals surface area contributed by atoms with Crippen molar-refractivity contribution < 1.29 is 13.2 Å². The maximum absolute atomic E-state index is 12.5. The Balaban J connectivity index is 2.10. The third-order valence-corrected chi connectivity index (χ3v) is 6.17. The van der Waals surface area contributed by atoms with Gasteiger partial charge in [0, 0.05) is 18.5 Å². The summed E-state index contributed by atoms with van der Waals surface area (Å²) in [5, 5.41) is 0. The van der Waals surface area contributed by atoms with E-state index >= 15 is 0 Å². The zero-order valence-corrected chi connectivity index (χ0v) is 12.9. The van der Waals surface area contributed by atoms with E-state index in [1.807, 2.05) is 4.90 Å². The van der Waals surface area contributed by atoms with Crippen molar-refractivity contribution in [2.75, 3.05) is 11.5 Å². The van der Waals surface area contributed by atoms with E-state index < -0.39 is 9.84 Å². The van der Waals surface area contributed by atoms with Gasteiger partial charge in [0.15, 0.2) is 9.84 Å². The summed E-state index contributed by atoms with van der Waals surface area (Å²) in [6.45, 7) is 3.66. The van der Waals surface area contributed by atoms with Crippen molar-refractivity contribution in [1.29, 1.82) is 0 Å². The van der Waals surface area contributed by atoms with Crippen LogP contribution in [-0.4, -0.2) is 42.8 Å². The Bertz CT molecular complexity index is 452. The van der Waals surface area contributed by atoms with Crippen molar-refractivity contribution in [3.8, 4) is 0 Å². The Labute approximate surface area is 122 Å². The molecule has 1 saturated carbocycles. The van der Waals surface area contributed by atoms with E-state index in [1.54, 1.807) is 6.08 Å². The Hall–Kier alpha value is -0.840. The maximum Gasteiger partial charge on any atom is 0.223 e. The highest BCUT2D eigenvalue weighted by Crippen LogP contribution is 2.29. The number of carbonyl (C=O) groups excluding carboxylic acids is 1. The molecule has 114 valence electrons. The number of sulfone groups is 1. The summed E-state index contributed by atoms with van der Waals surface area (Å²) in [7, 11) is -2.95. The third kappa shape index (κ3) is 3.84. The van der Waals surface area contributed by atoms with Gasteiger partial charge < -0.3 is 4.90 Å². The van der Waals surface area contributed by atoms with Gasteiger partial charge in [-0.15, -0.1) is 6.58 Å². The van der Waals surface area contributed by atoms with Crippen LogP contribution in [0.5, 0.6) is 0 Å². The van der Waals surface area contributed by atoms with E-state index in [-0.39, 0.29) is 29.5 Å². The van der Waals surface area contributed by atoms with E-state index in [2.05, 4.69) is 6.58 Å². The summed E-state index contributed by atoms with van der Waals surface area (Å²) in [6, 6.07) is 0.153. The van der Waals surface area contributed by atoms with Gasteiger partial charge in [-0.25, -0.2) is 8.42 Å². The van der Waals surface area contributed by atoms with Crippen LogP contribution in [0.2, 0.25) is 0 Å². The third-order valence-electron chi connectivity index (χ3n) is 4.42. The van der Waals surface area contributed by atoms with Gasteiger partial charge in [-0.05, 0) is 25.7 Å². The molecule has 1 amide bonds. The fourth-order valence-electron chi connectivity index (χ4n) is 3.41. The quantitative estimate of drug-likeness (QED) is 0.732. The summed E-state index contributed by atoms with van der Waals surface area (Å²) < 4.78 is 23.4. The number of carbonyl (C=O) groups is 1. The molecule has 5 heteroatoms. The molecular formula is C15H25NO3S. The summed E-state index contributed by atoms with van der Waals surface area (Å²) >= 11 is 0. The Kier molecular flexibility index (Phi) is 5.24. The van der Waals surface area contributed by atoms with Crippen LogP contribution in [0.25, 0.3) is 0 Å². The van der Waals surface area contributed by atoms with Gasteiger partial charge in [-0.2, -0.15) is 0 Å². The Morgan fingerprint density at radius 3 is 2.40 bits per heavy atom. The lowest BCUT2D eigenvalue weighted by Gasteiger charge is -2.38. The van der Waals surface area contributed by atoms with Crippen LogP contribution in [-0.2, 0) is 14.6 Å². The summed E-state index contributed by atoms with van der Waals surface area (Å²) in [5.41, 5.74) is 0. The topological polar surface area (TPSA) is 54.5 Å². The first-order valence-corrected chi connectivity index (χ1v) is 9.48. The molecule has 2 aliphatic rings. The first-order valence-electron chi connectivity index (χ1n) is 7.66. The van der Waals surface area contributed by atoms with Crippen molar-refractivity contribution in [3.63, 3.8) is 0 Å². The van der Waals surface area contributed by atoms with Gasteiger partial charge in [0.1, 0.15) is 0 Å². The van der Waals surface area contributed by atoms with Crippen LogP contribution in [0.3, 0.4) is 0 Å². The molecule has 0 spiro atoms. The summed E-state index contributed by atoms with van der Waals surface area (Å²) in [4.78, 5) is 14.4. The maximum atomic E-state index is 12.5. The number of amides is 1. The SMILES string of the molecule is C=CCCC(=O)N(C1CCCCC1)[C@H]1CCS(=O)(=O)C1. The van der Waals surface area contributed by atoms with E-state index in [0.29, 0.717) is 19.3 Å². The number of rotatable bonds is 5. The van der Waals surface area contributed by atoms with E-state index in [4.69, 9.17) is 0 Å². The van der Waals surface area contributed by atoms with Gasteiger partial charge >= 0.3 is 0 Å². The van der Waals surface area contributed by atoms with Gasteiger partial charge in [0.05, 0.1) is 11.5 Å². The molecule has 0 bridgehead atoms. The Morgan fingerprint density at radius 2 is 1.85 bits per heavy atom. The molecule has 0 unspecified atom stereocenters. The van der Waals surface area contributed by atoms with Crippen LogP contribution in [0, 0.1) is 0 Å². The molecule has 1 aliphatic heterocycles. The first kappa shape index (κ1) is 15.5. The molecule has 1 saturated heterocycles. The number of hydrogen-bond donors (Lipinski definition) is 0. The lowest BCUT2D eigenvalue weighted by Crippen LogP contribution is -2.48. The molecule has 1 heterocycles. The molecule has 20 heavy (non-hydrogen) atoms. The number of allylic oxidation sites excluding steroid dienone is 1. The lowest BCUT2D eigenvalue weighted by atomic mass is 9.92. The molecule has 0 aromatic rings. The average Bonchev–Trinajstić information content (AvgIpc) is 2.78.